The van der Waals surface area contributed by atoms with Gasteiger partial charge in [0.1, 0.15) is 0 Å². The molecule has 2 heterocycles. The minimum absolute atomic E-state index is 0.403. The van der Waals surface area contributed by atoms with E-state index in [-0.39, 0.29) is 0 Å². The van der Waals surface area contributed by atoms with Crippen molar-refractivity contribution in [1.29, 1.82) is 0 Å². The molecule has 0 unspecified atom stereocenters. The predicted octanol–water partition coefficient (Wildman–Crippen LogP) is 3.54. The Hall–Kier alpha value is -2.18. The van der Waals surface area contributed by atoms with Gasteiger partial charge in [-0.05, 0) is 40.6 Å². The average Bonchev–Trinajstić information content (AvgIpc) is 3.04. The molecule has 1 N–H and O–H groups in total. The van der Waals surface area contributed by atoms with E-state index in [2.05, 4.69) is 32.7 Å². The highest BCUT2D eigenvalue weighted by atomic mass is 35.5. The van der Waals surface area contributed by atoms with Gasteiger partial charge in [-0.2, -0.15) is 4.68 Å². The van der Waals surface area contributed by atoms with Gasteiger partial charge in [0, 0.05) is 18.4 Å². The second kappa shape index (κ2) is 6.93. The van der Waals surface area contributed by atoms with Crippen molar-refractivity contribution in [1.82, 2.24) is 25.2 Å². The maximum Gasteiger partial charge on any atom is 0.248 e. The summed E-state index contributed by atoms with van der Waals surface area (Å²) in [6.45, 7) is 2.64. The molecule has 0 saturated carbocycles. The van der Waals surface area contributed by atoms with Crippen molar-refractivity contribution in [3.63, 3.8) is 0 Å². The highest BCUT2D eigenvalue weighted by molar-refractivity contribution is 6.43. The van der Waals surface area contributed by atoms with Crippen molar-refractivity contribution in [2.75, 3.05) is 5.32 Å². The predicted molar refractivity (Wildman–Crippen MR) is 90.1 cm³/mol. The van der Waals surface area contributed by atoms with Crippen LogP contribution in [0.4, 0.5) is 5.95 Å². The van der Waals surface area contributed by atoms with Crippen molar-refractivity contribution in [3.05, 3.63) is 57.8 Å². The number of anilines is 1. The number of rotatable bonds is 5. The lowest BCUT2D eigenvalue weighted by atomic mass is 10.1. The van der Waals surface area contributed by atoms with Crippen LogP contribution in [0.25, 0.3) is 5.69 Å². The molecule has 118 valence electrons. The number of pyridine rings is 1. The van der Waals surface area contributed by atoms with Gasteiger partial charge in [0.2, 0.25) is 5.95 Å². The quantitative estimate of drug-likeness (QED) is 0.763. The summed E-state index contributed by atoms with van der Waals surface area (Å²) in [7, 11) is 0. The van der Waals surface area contributed by atoms with E-state index in [1.807, 2.05) is 12.1 Å². The largest absolute Gasteiger partial charge is 0.349 e. The minimum atomic E-state index is 0.403. The number of nitrogens with one attached hydrogen (secondary N) is 1. The molecule has 3 aromatic rings. The Morgan fingerprint density at radius 3 is 2.87 bits per heavy atom. The Morgan fingerprint density at radius 2 is 2.04 bits per heavy atom. The summed E-state index contributed by atoms with van der Waals surface area (Å²) in [6, 6.07) is 9.25. The molecule has 0 fully saturated rings. The normalized spacial score (nSPS) is 10.7. The van der Waals surface area contributed by atoms with Gasteiger partial charge in [-0.3, -0.25) is 4.98 Å². The molecular weight excluding hydrogens is 335 g/mol. The molecule has 6 nitrogen and oxygen atoms in total. The first-order valence-electron chi connectivity index (χ1n) is 7.10. The molecule has 0 radical (unpaired) electrons. The van der Waals surface area contributed by atoms with E-state index in [1.54, 1.807) is 24.4 Å². The van der Waals surface area contributed by atoms with E-state index < -0.39 is 0 Å². The molecular formula is C15H14Cl2N6. The van der Waals surface area contributed by atoms with E-state index in [0.29, 0.717) is 28.2 Å². The van der Waals surface area contributed by atoms with Crippen LogP contribution >= 0.6 is 23.2 Å². The lowest BCUT2D eigenvalue weighted by Gasteiger charge is -2.10. The summed E-state index contributed by atoms with van der Waals surface area (Å²) in [4.78, 5) is 4.37. The SMILES string of the molecule is CCc1ncccc1CNc1nnnn1-c1cccc(Cl)c1Cl. The second-order valence-corrected chi connectivity index (χ2v) is 5.59. The molecule has 0 spiro atoms. The molecule has 1 aromatic carbocycles. The van der Waals surface area contributed by atoms with Crippen molar-refractivity contribution in [2.24, 2.45) is 0 Å². The van der Waals surface area contributed by atoms with Crippen LogP contribution in [0.15, 0.2) is 36.5 Å². The first-order chi connectivity index (χ1) is 11.2. The van der Waals surface area contributed by atoms with Crippen LogP contribution in [0.5, 0.6) is 0 Å². The first kappa shape index (κ1) is 15.7. The Bertz CT molecular complexity index is 817. The summed E-state index contributed by atoms with van der Waals surface area (Å²) < 4.78 is 1.52. The Kier molecular flexibility index (Phi) is 4.73. The molecule has 0 aliphatic carbocycles. The van der Waals surface area contributed by atoms with Crippen molar-refractivity contribution in [2.45, 2.75) is 19.9 Å². The summed E-state index contributed by atoms with van der Waals surface area (Å²) in [6.07, 6.45) is 2.65. The number of hydrogen-bond donors (Lipinski definition) is 1. The maximum absolute atomic E-state index is 6.24. The molecule has 0 aliphatic rings. The van der Waals surface area contributed by atoms with Gasteiger partial charge in [-0.1, -0.05) is 47.4 Å². The summed E-state index contributed by atoms with van der Waals surface area (Å²) in [5, 5.41) is 15.8. The summed E-state index contributed by atoms with van der Waals surface area (Å²) in [5.41, 5.74) is 2.76. The van der Waals surface area contributed by atoms with Crippen LogP contribution in [0.3, 0.4) is 0 Å². The third-order valence-corrected chi connectivity index (χ3v) is 4.19. The standard InChI is InChI=1S/C15H14Cl2N6/c1-2-12-10(5-4-8-18-12)9-19-15-20-21-22-23(15)13-7-3-6-11(16)14(13)17/h3-8H,2,9H2,1H3,(H,19,20,22). The van der Waals surface area contributed by atoms with E-state index in [1.165, 1.54) is 4.68 Å². The molecule has 23 heavy (non-hydrogen) atoms. The zero-order valence-corrected chi connectivity index (χ0v) is 13.9. The van der Waals surface area contributed by atoms with Gasteiger partial charge in [0.05, 0.1) is 15.7 Å². The van der Waals surface area contributed by atoms with E-state index in [4.69, 9.17) is 23.2 Å². The van der Waals surface area contributed by atoms with E-state index in [9.17, 15) is 0 Å². The number of nitrogens with zero attached hydrogens (tertiary/aromatic N) is 5. The molecule has 0 atom stereocenters. The van der Waals surface area contributed by atoms with Crippen molar-refractivity contribution in [3.8, 4) is 5.69 Å². The number of benzene rings is 1. The van der Waals surface area contributed by atoms with E-state index >= 15 is 0 Å². The lowest BCUT2D eigenvalue weighted by Crippen LogP contribution is -2.09. The van der Waals surface area contributed by atoms with Crippen LogP contribution in [0, 0.1) is 0 Å². The molecule has 0 bridgehead atoms. The lowest BCUT2D eigenvalue weighted by molar-refractivity contribution is 0.789. The highest BCUT2D eigenvalue weighted by Gasteiger charge is 2.13. The zero-order chi connectivity index (χ0) is 16.2. The fourth-order valence-electron chi connectivity index (χ4n) is 2.24. The highest BCUT2D eigenvalue weighted by Crippen LogP contribution is 2.29. The van der Waals surface area contributed by atoms with Gasteiger partial charge >= 0.3 is 0 Å². The monoisotopic (exact) mass is 348 g/mol. The molecule has 2 aromatic heterocycles. The van der Waals surface area contributed by atoms with Crippen molar-refractivity contribution < 1.29 is 0 Å². The third-order valence-electron chi connectivity index (χ3n) is 3.39. The summed E-state index contributed by atoms with van der Waals surface area (Å²) in [5.74, 6) is 0.486. The smallest absolute Gasteiger partial charge is 0.248 e. The fraction of sp³-hybridized carbons (Fsp3) is 0.200. The van der Waals surface area contributed by atoms with Gasteiger partial charge in [0.15, 0.2) is 0 Å². The number of hydrogen-bond acceptors (Lipinski definition) is 5. The molecule has 0 aliphatic heterocycles. The van der Waals surface area contributed by atoms with Crippen LogP contribution in [-0.4, -0.2) is 25.2 Å². The van der Waals surface area contributed by atoms with Crippen LogP contribution in [0.1, 0.15) is 18.2 Å². The second-order valence-electron chi connectivity index (χ2n) is 4.80. The zero-order valence-electron chi connectivity index (χ0n) is 12.4. The fourth-order valence-corrected chi connectivity index (χ4v) is 2.62. The number of aryl methyl sites for hydroxylation is 1. The first-order valence-corrected chi connectivity index (χ1v) is 7.85. The minimum Gasteiger partial charge on any atom is -0.349 e. The number of aromatic nitrogens is 5. The molecule has 3 rings (SSSR count). The van der Waals surface area contributed by atoms with Gasteiger partial charge < -0.3 is 5.32 Å². The molecule has 0 amide bonds. The molecule has 8 heteroatoms. The van der Waals surface area contributed by atoms with Gasteiger partial charge in [-0.25, -0.2) is 0 Å². The van der Waals surface area contributed by atoms with Crippen molar-refractivity contribution >= 4 is 29.2 Å². The molecule has 0 saturated heterocycles. The summed E-state index contributed by atoms with van der Waals surface area (Å²) >= 11 is 12.3. The maximum atomic E-state index is 6.24. The Morgan fingerprint density at radius 1 is 1.17 bits per heavy atom. The topological polar surface area (TPSA) is 68.5 Å². The average molecular weight is 349 g/mol. The third kappa shape index (κ3) is 3.28. The van der Waals surface area contributed by atoms with Crippen LogP contribution in [0.2, 0.25) is 10.0 Å². The van der Waals surface area contributed by atoms with Crippen LogP contribution < -0.4 is 5.32 Å². The van der Waals surface area contributed by atoms with Gasteiger partial charge in [0.25, 0.3) is 0 Å². The van der Waals surface area contributed by atoms with E-state index in [0.717, 1.165) is 17.7 Å². The number of tetrazole rings is 1. The van der Waals surface area contributed by atoms with Crippen LogP contribution in [-0.2, 0) is 13.0 Å². The Balaban J connectivity index is 1.86. The Labute approximate surface area is 143 Å². The number of halogens is 2. The van der Waals surface area contributed by atoms with Gasteiger partial charge in [-0.15, -0.1) is 0 Å².